The fourth-order valence-corrected chi connectivity index (χ4v) is 2.62. The summed E-state index contributed by atoms with van der Waals surface area (Å²) in [5.41, 5.74) is 1.66. The highest BCUT2D eigenvalue weighted by Crippen LogP contribution is 2.32. The lowest BCUT2D eigenvalue weighted by Crippen LogP contribution is -2.01. The van der Waals surface area contributed by atoms with Crippen LogP contribution in [0.5, 0.6) is 0 Å². The van der Waals surface area contributed by atoms with E-state index in [0.717, 1.165) is 10.4 Å². The van der Waals surface area contributed by atoms with Crippen LogP contribution in [-0.4, -0.2) is 16.1 Å². The summed E-state index contributed by atoms with van der Waals surface area (Å²) in [7, 11) is 0. The number of hydrogen-bond acceptors (Lipinski definition) is 4. The molecule has 0 amide bonds. The summed E-state index contributed by atoms with van der Waals surface area (Å²) in [5, 5.41) is 9.10. The van der Waals surface area contributed by atoms with Crippen LogP contribution in [0.2, 0.25) is 0 Å². The van der Waals surface area contributed by atoms with Gasteiger partial charge in [0.05, 0.1) is 10.6 Å². The topological polar surface area (TPSA) is 63.3 Å². The summed E-state index contributed by atoms with van der Waals surface area (Å²) in [5.74, 6) is -0.695. The normalized spacial score (nSPS) is 11.2. The number of aromatic nitrogens is 1. The Labute approximate surface area is 109 Å². The molecule has 0 aliphatic carbocycles. The molecule has 0 atom stereocenters. The van der Waals surface area contributed by atoms with Gasteiger partial charge in [0.15, 0.2) is 0 Å². The zero-order valence-electron chi connectivity index (χ0n) is 10.8. The molecule has 0 spiro atoms. The summed E-state index contributed by atoms with van der Waals surface area (Å²) in [4.78, 5) is 17.5. The van der Waals surface area contributed by atoms with E-state index in [1.54, 1.807) is 11.3 Å². The van der Waals surface area contributed by atoms with Crippen LogP contribution in [-0.2, 0) is 0 Å². The molecule has 0 saturated heterocycles. The Kier molecular flexibility index (Phi) is 3.26. The lowest BCUT2D eigenvalue weighted by Gasteiger charge is -1.98. The molecule has 5 heteroatoms. The van der Waals surface area contributed by atoms with Crippen molar-refractivity contribution in [1.82, 2.24) is 4.98 Å². The van der Waals surface area contributed by atoms with Crippen LogP contribution >= 0.6 is 11.3 Å². The van der Waals surface area contributed by atoms with Crippen LogP contribution in [0.25, 0.3) is 10.8 Å². The van der Waals surface area contributed by atoms with Gasteiger partial charge in [0.2, 0.25) is 11.7 Å². The van der Waals surface area contributed by atoms with Crippen molar-refractivity contribution in [2.24, 2.45) is 0 Å². The molecule has 1 N–H and O–H groups in total. The van der Waals surface area contributed by atoms with E-state index in [1.165, 1.54) is 4.88 Å². The number of carbonyl (C=O) groups is 1. The third-order valence-corrected chi connectivity index (χ3v) is 3.91. The maximum atomic E-state index is 11.1. The summed E-state index contributed by atoms with van der Waals surface area (Å²) in [6, 6.07) is 1.97. The molecule has 0 saturated carbocycles. The second kappa shape index (κ2) is 4.57. The molecule has 0 bridgehead atoms. The van der Waals surface area contributed by atoms with Crippen molar-refractivity contribution in [1.29, 1.82) is 0 Å². The number of aromatic carboxylic acids is 1. The van der Waals surface area contributed by atoms with Crippen LogP contribution in [0.1, 0.15) is 46.5 Å². The molecule has 2 aromatic heterocycles. The molecular formula is C13H15NO3S. The van der Waals surface area contributed by atoms with Gasteiger partial charge in [-0.3, -0.25) is 0 Å². The molecule has 2 heterocycles. The molecule has 0 aromatic carbocycles. The third kappa shape index (κ3) is 2.18. The Morgan fingerprint density at radius 2 is 2.11 bits per heavy atom. The van der Waals surface area contributed by atoms with Gasteiger partial charge in [-0.25, -0.2) is 9.78 Å². The number of oxazole rings is 1. The number of nitrogens with zero attached hydrogens (tertiary/aromatic N) is 1. The van der Waals surface area contributed by atoms with Crippen LogP contribution in [0.3, 0.4) is 0 Å². The number of carboxylic acids is 1. The molecule has 0 radical (unpaired) electrons. The van der Waals surface area contributed by atoms with E-state index in [2.05, 4.69) is 4.98 Å². The second-order valence-electron chi connectivity index (χ2n) is 4.54. The Morgan fingerprint density at radius 3 is 2.50 bits per heavy atom. The number of carboxylic acid groups (broad SMARTS) is 1. The maximum Gasteiger partial charge on any atom is 0.373 e. The van der Waals surface area contributed by atoms with Gasteiger partial charge in [0.1, 0.15) is 0 Å². The van der Waals surface area contributed by atoms with Gasteiger partial charge in [-0.1, -0.05) is 13.8 Å². The van der Waals surface area contributed by atoms with E-state index in [1.807, 2.05) is 33.8 Å². The zero-order valence-corrected chi connectivity index (χ0v) is 11.6. The first-order chi connectivity index (χ1) is 8.40. The Bertz CT molecular complexity index is 576. The van der Waals surface area contributed by atoms with Gasteiger partial charge in [-0.2, -0.15) is 0 Å². The van der Waals surface area contributed by atoms with Crippen molar-refractivity contribution < 1.29 is 14.3 Å². The minimum atomic E-state index is -1.07. The fourth-order valence-electron chi connectivity index (χ4n) is 1.66. The van der Waals surface area contributed by atoms with Crippen molar-refractivity contribution >= 4 is 17.3 Å². The van der Waals surface area contributed by atoms with Crippen LogP contribution in [0, 0.1) is 13.8 Å². The molecule has 2 aromatic rings. The Balaban J connectivity index is 2.53. The second-order valence-corrected chi connectivity index (χ2v) is 5.80. The molecule has 2 rings (SSSR count). The maximum absolute atomic E-state index is 11.1. The van der Waals surface area contributed by atoms with Crippen LogP contribution in [0.4, 0.5) is 0 Å². The van der Waals surface area contributed by atoms with Crippen LogP contribution in [0.15, 0.2) is 10.5 Å². The summed E-state index contributed by atoms with van der Waals surface area (Å²) in [6.45, 7) is 7.84. The van der Waals surface area contributed by atoms with E-state index >= 15 is 0 Å². The highest BCUT2D eigenvalue weighted by atomic mass is 32.1. The first-order valence-corrected chi connectivity index (χ1v) is 6.53. The Hall–Kier alpha value is -1.62. The number of aryl methyl sites for hydroxylation is 2. The summed E-state index contributed by atoms with van der Waals surface area (Å²) in [6.07, 6.45) is 0. The van der Waals surface area contributed by atoms with Gasteiger partial charge in [0.25, 0.3) is 0 Å². The Morgan fingerprint density at radius 1 is 1.44 bits per heavy atom. The lowest BCUT2D eigenvalue weighted by molar-refractivity contribution is 0.0661. The monoisotopic (exact) mass is 265 g/mol. The molecule has 96 valence electrons. The van der Waals surface area contributed by atoms with Crippen molar-refractivity contribution in [3.8, 4) is 10.8 Å². The van der Waals surface area contributed by atoms with E-state index in [-0.39, 0.29) is 11.7 Å². The van der Waals surface area contributed by atoms with Crippen molar-refractivity contribution in [3.63, 3.8) is 0 Å². The van der Waals surface area contributed by atoms with Crippen molar-refractivity contribution in [3.05, 3.63) is 28.0 Å². The van der Waals surface area contributed by atoms with Gasteiger partial charge < -0.3 is 9.52 Å². The first kappa shape index (κ1) is 12.8. The highest BCUT2D eigenvalue weighted by molar-refractivity contribution is 7.15. The highest BCUT2D eigenvalue weighted by Gasteiger charge is 2.23. The number of hydrogen-bond donors (Lipinski definition) is 1. The van der Waals surface area contributed by atoms with Gasteiger partial charge >= 0.3 is 5.97 Å². The average molecular weight is 265 g/mol. The molecule has 4 nitrogen and oxygen atoms in total. The van der Waals surface area contributed by atoms with E-state index in [0.29, 0.717) is 11.6 Å². The van der Waals surface area contributed by atoms with E-state index in [4.69, 9.17) is 9.52 Å². The fraction of sp³-hybridized carbons (Fsp3) is 0.385. The van der Waals surface area contributed by atoms with E-state index < -0.39 is 5.97 Å². The van der Waals surface area contributed by atoms with Gasteiger partial charge in [0, 0.05) is 4.88 Å². The third-order valence-electron chi connectivity index (χ3n) is 2.77. The number of rotatable bonds is 3. The quantitative estimate of drug-likeness (QED) is 0.915. The predicted octanol–water partition coefficient (Wildman–Crippen LogP) is 3.84. The van der Waals surface area contributed by atoms with Crippen LogP contribution < -0.4 is 0 Å². The largest absolute Gasteiger partial charge is 0.475 e. The summed E-state index contributed by atoms with van der Waals surface area (Å²) >= 11 is 1.56. The van der Waals surface area contributed by atoms with Gasteiger partial charge in [-0.05, 0) is 31.4 Å². The molecule has 0 unspecified atom stereocenters. The minimum Gasteiger partial charge on any atom is -0.475 e. The van der Waals surface area contributed by atoms with E-state index in [9.17, 15) is 4.79 Å². The zero-order chi connectivity index (χ0) is 13.4. The summed E-state index contributed by atoms with van der Waals surface area (Å²) < 4.78 is 5.39. The molecule has 18 heavy (non-hydrogen) atoms. The minimum absolute atomic E-state index is 0.0238. The standard InChI is InChI=1S/C13H15NO3S/c1-6(2)10-11(13(15)16)17-12(14-10)9-5-7(3)8(4)18-9/h5-6H,1-4H3,(H,15,16). The van der Waals surface area contributed by atoms with Gasteiger partial charge in [-0.15, -0.1) is 11.3 Å². The molecule has 0 aliphatic heterocycles. The smallest absolute Gasteiger partial charge is 0.373 e. The predicted molar refractivity (Wildman–Crippen MR) is 70.3 cm³/mol. The van der Waals surface area contributed by atoms with Crippen molar-refractivity contribution in [2.75, 3.05) is 0 Å². The first-order valence-electron chi connectivity index (χ1n) is 5.71. The molecule has 0 aliphatic rings. The number of thiophene rings is 1. The average Bonchev–Trinajstić information content (AvgIpc) is 2.83. The molecular weight excluding hydrogens is 250 g/mol. The van der Waals surface area contributed by atoms with Crippen molar-refractivity contribution in [2.45, 2.75) is 33.6 Å². The lowest BCUT2D eigenvalue weighted by atomic mass is 10.1. The SMILES string of the molecule is Cc1cc(-c2nc(C(C)C)c(C(=O)O)o2)sc1C. The molecule has 0 fully saturated rings.